The van der Waals surface area contributed by atoms with Crippen LogP contribution in [0.4, 0.5) is 0 Å². The van der Waals surface area contributed by atoms with Crippen LogP contribution in [-0.2, 0) is 0 Å². The fourth-order valence-electron chi connectivity index (χ4n) is 0.968. The van der Waals surface area contributed by atoms with E-state index in [4.69, 9.17) is 0 Å². The fourth-order valence-corrected chi connectivity index (χ4v) is 0.968. The molecule has 0 fully saturated rings. The summed E-state index contributed by atoms with van der Waals surface area (Å²) in [6.45, 7) is 8.15. The molecular weight excluding hydrogens is 108 g/mol. The molecule has 0 rings (SSSR count). The molecular formula is C9H17. The van der Waals surface area contributed by atoms with Gasteiger partial charge in [-0.2, -0.15) is 0 Å². The Morgan fingerprint density at radius 1 is 1.44 bits per heavy atom. The predicted molar refractivity (Wildman–Crippen MR) is 43.2 cm³/mol. The van der Waals surface area contributed by atoms with Crippen LogP contribution in [0.2, 0.25) is 0 Å². The SMILES string of the molecule is C=CC([CH]CC)CCC. The summed E-state index contributed by atoms with van der Waals surface area (Å²) in [5, 5.41) is 0. The molecule has 0 saturated carbocycles. The van der Waals surface area contributed by atoms with Crippen molar-refractivity contribution in [2.75, 3.05) is 0 Å². The largest absolute Gasteiger partial charge is 0.103 e. The molecule has 1 radical (unpaired) electrons. The van der Waals surface area contributed by atoms with E-state index in [1.807, 2.05) is 6.08 Å². The quantitative estimate of drug-likeness (QED) is 0.495. The second-order valence-corrected chi connectivity index (χ2v) is 2.33. The van der Waals surface area contributed by atoms with E-state index in [0.29, 0.717) is 5.92 Å². The van der Waals surface area contributed by atoms with Gasteiger partial charge >= 0.3 is 0 Å². The summed E-state index contributed by atoms with van der Waals surface area (Å²) in [5.74, 6) is 0.653. The predicted octanol–water partition coefficient (Wildman–Crippen LogP) is 3.20. The Labute approximate surface area is 59.0 Å². The van der Waals surface area contributed by atoms with E-state index < -0.39 is 0 Å². The van der Waals surface area contributed by atoms with E-state index >= 15 is 0 Å². The molecule has 0 aromatic heterocycles. The number of allylic oxidation sites excluding steroid dienone is 1. The first-order valence-electron chi connectivity index (χ1n) is 3.81. The average Bonchev–Trinajstić information content (AvgIpc) is 1.88. The highest BCUT2D eigenvalue weighted by molar-refractivity contribution is 4.88. The summed E-state index contributed by atoms with van der Waals surface area (Å²) < 4.78 is 0. The Hall–Kier alpha value is -0.260. The molecule has 1 unspecified atom stereocenters. The molecule has 0 N–H and O–H groups in total. The van der Waals surface area contributed by atoms with Crippen LogP contribution in [-0.4, -0.2) is 0 Å². The number of hydrogen-bond donors (Lipinski definition) is 0. The molecule has 0 aliphatic carbocycles. The topological polar surface area (TPSA) is 0 Å². The standard InChI is InChI=1S/C9H17/c1-4-7-9(6-3)8-5-2/h6-7,9H,3-5,8H2,1-2H3. The summed E-state index contributed by atoms with van der Waals surface area (Å²) in [4.78, 5) is 0. The van der Waals surface area contributed by atoms with Gasteiger partial charge in [-0.1, -0.05) is 32.8 Å². The van der Waals surface area contributed by atoms with Gasteiger partial charge in [-0.25, -0.2) is 0 Å². The molecule has 0 aromatic rings. The third kappa shape index (κ3) is 4.26. The zero-order valence-corrected chi connectivity index (χ0v) is 6.56. The number of rotatable bonds is 5. The van der Waals surface area contributed by atoms with Crippen LogP contribution in [0.5, 0.6) is 0 Å². The Morgan fingerprint density at radius 2 is 2.11 bits per heavy atom. The molecule has 0 aromatic carbocycles. The third-order valence-electron chi connectivity index (χ3n) is 1.46. The van der Waals surface area contributed by atoms with Crippen molar-refractivity contribution < 1.29 is 0 Å². The normalized spacial score (nSPS) is 10.1. The van der Waals surface area contributed by atoms with Gasteiger partial charge < -0.3 is 0 Å². The van der Waals surface area contributed by atoms with Gasteiger partial charge in [0.05, 0.1) is 0 Å². The van der Waals surface area contributed by atoms with Crippen molar-refractivity contribution in [3.63, 3.8) is 0 Å². The van der Waals surface area contributed by atoms with Crippen LogP contribution in [0.25, 0.3) is 0 Å². The van der Waals surface area contributed by atoms with E-state index in [1.165, 1.54) is 12.8 Å². The lowest BCUT2D eigenvalue weighted by Gasteiger charge is -2.06. The summed E-state index contributed by atoms with van der Waals surface area (Å²) in [7, 11) is 0. The Bertz CT molecular complexity index is 58.4. The highest BCUT2D eigenvalue weighted by Crippen LogP contribution is 2.12. The Kier molecular flexibility index (Phi) is 5.70. The molecule has 0 amide bonds. The molecule has 0 heteroatoms. The minimum Gasteiger partial charge on any atom is -0.103 e. The van der Waals surface area contributed by atoms with Gasteiger partial charge in [0.2, 0.25) is 0 Å². The molecule has 0 heterocycles. The van der Waals surface area contributed by atoms with Gasteiger partial charge in [0.1, 0.15) is 0 Å². The first kappa shape index (κ1) is 8.74. The smallest absolute Gasteiger partial charge is 0.0205 e. The molecule has 0 bridgehead atoms. The summed E-state index contributed by atoms with van der Waals surface area (Å²) in [5.41, 5.74) is 0. The van der Waals surface area contributed by atoms with Crippen LogP contribution >= 0.6 is 0 Å². The van der Waals surface area contributed by atoms with Crippen LogP contribution in [0.1, 0.15) is 33.1 Å². The van der Waals surface area contributed by atoms with Crippen molar-refractivity contribution in [3.8, 4) is 0 Å². The van der Waals surface area contributed by atoms with Gasteiger partial charge in [-0.15, -0.1) is 6.58 Å². The van der Waals surface area contributed by atoms with Crippen LogP contribution in [0.15, 0.2) is 12.7 Å². The van der Waals surface area contributed by atoms with Crippen LogP contribution in [0.3, 0.4) is 0 Å². The third-order valence-corrected chi connectivity index (χ3v) is 1.46. The maximum Gasteiger partial charge on any atom is -0.0205 e. The maximum atomic E-state index is 3.77. The van der Waals surface area contributed by atoms with Crippen LogP contribution < -0.4 is 0 Å². The lowest BCUT2D eigenvalue weighted by Crippen LogP contribution is -1.94. The number of hydrogen-bond acceptors (Lipinski definition) is 0. The van der Waals surface area contributed by atoms with Crippen molar-refractivity contribution in [1.82, 2.24) is 0 Å². The summed E-state index contributed by atoms with van der Waals surface area (Å²) >= 11 is 0. The van der Waals surface area contributed by atoms with Gasteiger partial charge in [0.25, 0.3) is 0 Å². The molecule has 0 nitrogen and oxygen atoms in total. The molecule has 0 aliphatic rings. The molecule has 53 valence electrons. The minimum atomic E-state index is 0.653. The minimum absolute atomic E-state index is 0.653. The first-order chi connectivity index (χ1) is 4.35. The van der Waals surface area contributed by atoms with Crippen molar-refractivity contribution in [2.24, 2.45) is 5.92 Å². The second kappa shape index (κ2) is 5.87. The molecule has 0 saturated heterocycles. The molecule has 1 atom stereocenters. The van der Waals surface area contributed by atoms with Gasteiger partial charge in [-0.3, -0.25) is 0 Å². The first-order valence-corrected chi connectivity index (χ1v) is 3.81. The lowest BCUT2D eigenvalue weighted by molar-refractivity contribution is 0.634. The van der Waals surface area contributed by atoms with Crippen molar-refractivity contribution in [2.45, 2.75) is 33.1 Å². The van der Waals surface area contributed by atoms with Gasteiger partial charge in [-0.05, 0) is 18.8 Å². The van der Waals surface area contributed by atoms with E-state index in [2.05, 4.69) is 26.8 Å². The Balaban J connectivity index is 3.29. The zero-order valence-electron chi connectivity index (χ0n) is 6.56. The maximum absolute atomic E-state index is 3.77. The average molecular weight is 125 g/mol. The summed E-state index contributed by atoms with van der Waals surface area (Å²) in [6.07, 6.45) is 8.03. The Morgan fingerprint density at radius 3 is 2.44 bits per heavy atom. The molecule has 9 heavy (non-hydrogen) atoms. The molecule has 0 spiro atoms. The van der Waals surface area contributed by atoms with E-state index in [-0.39, 0.29) is 0 Å². The zero-order chi connectivity index (χ0) is 7.11. The lowest BCUT2D eigenvalue weighted by atomic mass is 9.99. The van der Waals surface area contributed by atoms with Crippen molar-refractivity contribution in [1.29, 1.82) is 0 Å². The van der Waals surface area contributed by atoms with Crippen LogP contribution in [0, 0.1) is 12.3 Å². The van der Waals surface area contributed by atoms with E-state index in [0.717, 1.165) is 6.42 Å². The summed E-state index contributed by atoms with van der Waals surface area (Å²) in [6, 6.07) is 0. The van der Waals surface area contributed by atoms with E-state index in [9.17, 15) is 0 Å². The highest BCUT2D eigenvalue weighted by Gasteiger charge is 1.99. The fraction of sp³-hybridized carbons (Fsp3) is 0.667. The van der Waals surface area contributed by atoms with Crippen molar-refractivity contribution >= 4 is 0 Å². The van der Waals surface area contributed by atoms with Gasteiger partial charge in [0, 0.05) is 0 Å². The van der Waals surface area contributed by atoms with E-state index in [1.54, 1.807) is 0 Å². The second-order valence-electron chi connectivity index (χ2n) is 2.33. The monoisotopic (exact) mass is 125 g/mol. The highest BCUT2D eigenvalue weighted by atomic mass is 14.0. The molecule has 0 aliphatic heterocycles. The van der Waals surface area contributed by atoms with Gasteiger partial charge in [0.15, 0.2) is 0 Å². The van der Waals surface area contributed by atoms with Crippen molar-refractivity contribution in [3.05, 3.63) is 19.1 Å².